The van der Waals surface area contributed by atoms with Gasteiger partial charge in [0.2, 0.25) is 0 Å². The molecule has 2 heteroatoms. The molecule has 2 aromatic rings. The zero-order valence-corrected chi connectivity index (χ0v) is 8.43. The van der Waals surface area contributed by atoms with Crippen LogP contribution in [0.3, 0.4) is 0 Å². The first-order valence-electron chi connectivity index (χ1n) is 5.27. The summed E-state index contributed by atoms with van der Waals surface area (Å²) in [6, 6.07) is 10.4. The molecule has 0 aliphatic carbocycles. The molecule has 0 radical (unpaired) electrons. The first-order valence-corrected chi connectivity index (χ1v) is 5.27. The number of rotatable bonds is 0. The average molecular weight is 199 g/mol. The molecule has 0 amide bonds. The second kappa shape index (κ2) is 3.24. The Labute approximate surface area is 88.5 Å². The monoisotopic (exact) mass is 199 g/mol. The summed E-state index contributed by atoms with van der Waals surface area (Å²) in [7, 11) is 0. The summed E-state index contributed by atoms with van der Waals surface area (Å²) in [4.78, 5) is 0. The highest BCUT2D eigenvalue weighted by atomic mass is 16.3. The van der Waals surface area contributed by atoms with Crippen molar-refractivity contribution in [3.63, 3.8) is 0 Å². The third-order valence-corrected chi connectivity index (χ3v) is 3.00. The minimum atomic E-state index is -0.365. The van der Waals surface area contributed by atoms with Crippen LogP contribution in [0, 0.1) is 0 Å². The molecule has 76 valence electrons. The maximum Gasteiger partial charge on any atom is 0.0974 e. The van der Waals surface area contributed by atoms with E-state index in [9.17, 15) is 5.11 Å². The summed E-state index contributed by atoms with van der Waals surface area (Å²) in [6.07, 6.45) is 4.52. The number of fused-ring (bicyclic) bond motifs is 3. The van der Waals surface area contributed by atoms with Crippen molar-refractivity contribution in [1.29, 1.82) is 0 Å². The van der Waals surface area contributed by atoms with E-state index in [0.717, 1.165) is 18.7 Å². The van der Waals surface area contributed by atoms with Crippen LogP contribution in [0.15, 0.2) is 42.5 Å². The van der Waals surface area contributed by atoms with Crippen LogP contribution in [0.1, 0.15) is 18.2 Å². The molecule has 2 nitrogen and oxygen atoms in total. The Morgan fingerprint density at radius 2 is 2.07 bits per heavy atom. The summed E-state index contributed by atoms with van der Waals surface area (Å²) in [5, 5.41) is 11.2. The highest BCUT2D eigenvalue weighted by molar-refractivity contribution is 5.81. The predicted molar refractivity (Wildman–Crippen MR) is 60.7 cm³/mol. The molecule has 1 atom stereocenters. The number of benzene rings is 1. The van der Waals surface area contributed by atoms with E-state index < -0.39 is 0 Å². The molecule has 1 aromatic carbocycles. The van der Waals surface area contributed by atoms with Gasteiger partial charge in [0.15, 0.2) is 0 Å². The average Bonchev–Trinajstić information content (AvgIpc) is 2.54. The van der Waals surface area contributed by atoms with E-state index in [0.29, 0.717) is 0 Å². The van der Waals surface area contributed by atoms with Crippen LogP contribution in [-0.4, -0.2) is 9.67 Å². The van der Waals surface area contributed by atoms with Crippen molar-refractivity contribution in [2.75, 3.05) is 0 Å². The number of aromatic nitrogens is 1. The fraction of sp³-hybridized carbons (Fsp3) is 0.231. The molecule has 1 unspecified atom stereocenters. The van der Waals surface area contributed by atoms with Crippen molar-refractivity contribution in [3.05, 3.63) is 48.2 Å². The zero-order chi connectivity index (χ0) is 10.3. The van der Waals surface area contributed by atoms with E-state index in [-0.39, 0.29) is 6.10 Å². The van der Waals surface area contributed by atoms with Crippen LogP contribution in [0.4, 0.5) is 0 Å². The minimum absolute atomic E-state index is 0.365. The van der Waals surface area contributed by atoms with Crippen LogP contribution in [0.2, 0.25) is 0 Å². The summed E-state index contributed by atoms with van der Waals surface area (Å²) >= 11 is 0. The lowest BCUT2D eigenvalue weighted by Crippen LogP contribution is -2.03. The molecule has 0 bridgehead atoms. The van der Waals surface area contributed by atoms with Gasteiger partial charge in [0.25, 0.3) is 0 Å². The smallest absolute Gasteiger partial charge is 0.0974 e. The van der Waals surface area contributed by atoms with Crippen molar-refractivity contribution in [1.82, 2.24) is 4.57 Å². The second-order valence-corrected chi connectivity index (χ2v) is 3.96. The molecular weight excluding hydrogens is 186 g/mol. The zero-order valence-electron chi connectivity index (χ0n) is 8.43. The molecule has 0 spiro atoms. The molecule has 0 saturated heterocycles. The number of para-hydroxylation sites is 1. The quantitative estimate of drug-likeness (QED) is 0.648. The Bertz CT molecular complexity index is 524. The van der Waals surface area contributed by atoms with Gasteiger partial charge < -0.3 is 9.67 Å². The standard InChI is InChI=1S/C13H13NO/c15-13-7-3-4-8-14-11-6-2-1-5-10(11)9-12(13)14/h1-6,9,13,15H,7-8H2. The highest BCUT2D eigenvalue weighted by Gasteiger charge is 2.15. The first-order chi connectivity index (χ1) is 7.36. The number of aliphatic hydroxyl groups excluding tert-OH is 1. The maximum atomic E-state index is 9.97. The molecule has 0 saturated carbocycles. The van der Waals surface area contributed by atoms with Crippen LogP contribution in [0.25, 0.3) is 10.9 Å². The fourth-order valence-electron chi connectivity index (χ4n) is 2.24. The fourth-order valence-corrected chi connectivity index (χ4v) is 2.24. The first kappa shape index (κ1) is 8.74. The van der Waals surface area contributed by atoms with Gasteiger partial charge in [0.1, 0.15) is 0 Å². The molecule has 1 aliphatic heterocycles. The molecule has 0 fully saturated rings. The maximum absolute atomic E-state index is 9.97. The van der Waals surface area contributed by atoms with Crippen LogP contribution in [-0.2, 0) is 6.54 Å². The molecule has 1 N–H and O–H groups in total. The van der Waals surface area contributed by atoms with Gasteiger partial charge in [-0.3, -0.25) is 0 Å². The van der Waals surface area contributed by atoms with Gasteiger partial charge >= 0.3 is 0 Å². The lowest BCUT2D eigenvalue weighted by Gasteiger charge is -2.09. The van der Waals surface area contributed by atoms with Crippen molar-refractivity contribution < 1.29 is 5.11 Å². The van der Waals surface area contributed by atoms with E-state index >= 15 is 0 Å². The lowest BCUT2D eigenvalue weighted by atomic mass is 10.2. The van der Waals surface area contributed by atoms with Crippen LogP contribution < -0.4 is 0 Å². The van der Waals surface area contributed by atoms with E-state index in [1.165, 1.54) is 10.9 Å². The van der Waals surface area contributed by atoms with E-state index in [1.54, 1.807) is 0 Å². The normalized spacial score (nSPS) is 20.2. The largest absolute Gasteiger partial charge is 0.387 e. The third kappa shape index (κ3) is 1.29. The Balaban J connectivity index is 2.30. The SMILES string of the molecule is OC1CC=CCn2c1cc1ccccc12. The predicted octanol–water partition coefficient (Wildman–Crippen LogP) is 2.63. The highest BCUT2D eigenvalue weighted by Crippen LogP contribution is 2.28. The summed E-state index contributed by atoms with van der Waals surface area (Å²) in [5.41, 5.74) is 2.24. The molecular formula is C13H13NO. The van der Waals surface area contributed by atoms with Crippen LogP contribution >= 0.6 is 0 Å². The molecule has 2 heterocycles. The number of hydrogen-bond donors (Lipinski definition) is 1. The van der Waals surface area contributed by atoms with Crippen molar-refractivity contribution in [2.24, 2.45) is 0 Å². The minimum Gasteiger partial charge on any atom is -0.387 e. The lowest BCUT2D eigenvalue weighted by molar-refractivity contribution is 0.175. The number of hydrogen-bond acceptors (Lipinski definition) is 1. The molecule has 1 aliphatic rings. The van der Waals surface area contributed by atoms with E-state index in [2.05, 4.69) is 28.8 Å². The van der Waals surface area contributed by atoms with Gasteiger partial charge in [-0.05, 0) is 23.9 Å². The van der Waals surface area contributed by atoms with Crippen molar-refractivity contribution in [3.8, 4) is 0 Å². The number of aliphatic hydroxyl groups is 1. The Hall–Kier alpha value is -1.54. The number of nitrogens with zero attached hydrogens (tertiary/aromatic N) is 1. The Morgan fingerprint density at radius 1 is 1.20 bits per heavy atom. The van der Waals surface area contributed by atoms with Gasteiger partial charge in [-0.2, -0.15) is 0 Å². The number of allylic oxidation sites excluding steroid dienone is 1. The van der Waals surface area contributed by atoms with Crippen molar-refractivity contribution >= 4 is 10.9 Å². The van der Waals surface area contributed by atoms with E-state index in [1.807, 2.05) is 18.2 Å². The van der Waals surface area contributed by atoms with Gasteiger partial charge in [0.05, 0.1) is 6.10 Å². The van der Waals surface area contributed by atoms with Crippen molar-refractivity contribution in [2.45, 2.75) is 19.1 Å². The summed E-state index contributed by atoms with van der Waals surface area (Å²) in [5.74, 6) is 0. The summed E-state index contributed by atoms with van der Waals surface area (Å²) < 4.78 is 2.18. The van der Waals surface area contributed by atoms with Crippen LogP contribution in [0.5, 0.6) is 0 Å². The van der Waals surface area contributed by atoms with Gasteiger partial charge in [0, 0.05) is 17.8 Å². The molecule has 15 heavy (non-hydrogen) atoms. The summed E-state index contributed by atoms with van der Waals surface area (Å²) in [6.45, 7) is 0.861. The third-order valence-electron chi connectivity index (χ3n) is 3.00. The Morgan fingerprint density at radius 3 is 3.00 bits per heavy atom. The molecule has 1 aromatic heterocycles. The van der Waals surface area contributed by atoms with Gasteiger partial charge in [-0.15, -0.1) is 0 Å². The second-order valence-electron chi connectivity index (χ2n) is 3.96. The Kier molecular flexibility index (Phi) is 1.89. The van der Waals surface area contributed by atoms with Gasteiger partial charge in [-0.25, -0.2) is 0 Å². The van der Waals surface area contributed by atoms with Gasteiger partial charge in [-0.1, -0.05) is 30.4 Å². The molecule has 3 rings (SSSR count). The van der Waals surface area contributed by atoms with E-state index in [4.69, 9.17) is 0 Å². The topological polar surface area (TPSA) is 25.2 Å².